The number of nitrogens with one attached hydrogen (secondary N) is 2. The molecule has 0 aliphatic carbocycles. The molecule has 6 aromatic rings. The molecule has 0 aliphatic heterocycles. The van der Waals surface area contributed by atoms with Gasteiger partial charge in [0.25, 0.3) is 0 Å². The molecule has 5 heterocycles. The smallest absolute Gasteiger partial charge is 0.178 e. The summed E-state index contributed by atoms with van der Waals surface area (Å²) in [7, 11) is 0. The maximum Gasteiger partial charge on any atom is 0.178 e. The Balaban J connectivity index is 1.51. The van der Waals surface area contributed by atoms with E-state index in [1.165, 1.54) is 12.1 Å². The maximum absolute atomic E-state index is 13.4. The first kappa shape index (κ1) is 17.4. The topological polar surface area (TPSA) is 96.0 Å². The van der Waals surface area contributed by atoms with E-state index in [-0.39, 0.29) is 5.82 Å². The minimum atomic E-state index is -0.277. The number of hydrogen-bond donors (Lipinski definition) is 2. The molecule has 0 spiro atoms. The van der Waals surface area contributed by atoms with Crippen LogP contribution < -0.4 is 0 Å². The van der Waals surface area contributed by atoms with Gasteiger partial charge in [0.2, 0.25) is 0 Å². The minimum absolute atomic E-state index is 0.277. The van der Waals surface area contributed by atoms with Crippen LogP contribution in [0.15, 0.2) is 73.3 Å². The van der Waals surface area contributed by atoms with E-state index in [4.69, 9.17) is 0 Å². The molecule has 0 unspecified atom stereocenters. The fourth-order valence-corrected chi connectivity index (χ4v) is 3.67. The van der Waals surface area contributed by atoms with Crippen LogP contribution in [-0.2, 0) is 0 Å². The first-order chi connectivity index (χ1) is 15.3. The molecule has 0 saturated heterocycles. The van der Waals surface area contributed by atoms with E-state index >= 15 is 0 Å². The predicted octanol–water partition coefficient (Wildman–Crippen LogP) is 4.76. The highest BCUT2D eigenvalue weighted by Crippen LogP contribution is 2.31. The normalized spacial score (nSPS) is 11.4. The molecule has 148 valence electrons. The number of rotatable bonds is 3. The van der Waals surface area contributed by atoms with Crippen molar-refractivity contribution >= 4 is 22.1 Å². The van der Waals surface area contributed by atoms with E-state index in [9.17, 15) is 4.39 Å². The number of nitrogens with zero attached hydrogens (tertiary/aromatic N) is 5. The summed E-state index contributed by atoms with van der Waals surface area (Å²) in [5, 5.41) is 8.37. The van der Waals surface area contributed by atoms with Crippen molar-refractivity contribution in [2.24, 2.45) is 0 Å². The summed E-state index contributed by atoms with van der Waals surface area (Å²) in [6.45, 7) is 0. The maximum atomic E-state index is 13.4. The van der Waals surface area contributed by atoms with E-state index in [2.05, 4.69) is 35.1 Å². The van der Waals surface area contributed by atoms with Crippen molar-refractivity contribution in [3.8, 4) is 33.9 Å². The number of halogens is 1. The van der Waals surface area contributed by atoms with Gasteiger partial charge in [0, 0.05) is 35.1 Å². The molecular weight excluding hydrogens is 393 g/mol. The van der Waals surface area contributed by atoms with Gasteiger partial charge in [0.05, 0.1) is 22.9 Å². The van der Waals surface area contributed by atoms with Crippen molar-refractivity contribution in [1.29, 1.82) is 0 Å². The van der Waals surface area contributed by atoms with Gasteiger partial charge in [-0.1, -0.05) is 12.1 Å². The Morgan fingerprint density at radius 2 is 1.68 bits per heavy atom. The molecule has 7 nitrogen and oxygen atoms in total. The van der Waals surface area contributed by atoms with Gasteiger partial charge in [-0.2, -0.15) is 5.10 Å². The summed E-state index contributed by atoms with van der Waals surface area (Å²) in [6, 6.07) is 14.0. The van der Waals surface area contributed by atoms with Crippen molar-refractivity contribution in [1.82, 2.24) is 35.1 Å². The lowest BCUT2D eigenvalue weighted by atomic mass is 10.1. The first-order valence-corrected chi connectivity index (χ1v) is 9.62. The van der Waals surface area contributed by atoms with Crippen LogP contribution in [0.1, 0.15) is 0 Å². The Labute approximate surface area is 175 Å². The molecule has 0 aliphatic rings. The van der Waals surface area contributed by atoms with Crippen LogP contribution in [0, 0.1) is 5.82 Å². The lowest BCUT2D eigenvalue weighted by molar-refractivity contribution is 0.628. The van der Waals surface area contributed by atoms with Crippen molar-refractivity contribution in [3.05, 3.63) is 79.1 Å². The van der Waals surface area contributed by atoms with Crippen LogP contribution in [-0.4, -0.2) is 35.1 Å². The van der Waals surface area contributed by atoms with Gasteiger partial charge in [-0.15, -0.1) is 0 Å². The zero-order valence-electron chi connectivity index (χ0n) is 16.0. The van der Waals surface area contributed by atoms with Crippen molar-refractivity contribution < 1.29 is 4.39 Å². The predicted molar refractivity (Wildman–Crippen MR) is 115 cm³/mol. The zero-order valence-corrected chi connectivity index (χ0v) is 16.0. The third-order valence-corrected chi connectivity index (χ3v) is 5.19. The van der Waals surface area contributed by atoms with Gasteiger partial charge in [0.1, 0.15) is 11.5 Å². The molecule has 0 radical (unpaired) electrons. The Morgan fingerprint density at radius 1 is 0.839 bits per heavy atom. The second kappa shape index (κ2) is 6.81. The van der Waals surface area contributed by atoms with Crippen LogP contribution >= 0.6 is 0 Å². The Bertz CT molecular complexity index is 1540. The van der Waals surface area contributed by atoms with Gasteiger partial charge >= 0.3 is 0 Å². The van der Waals surface area contributed by atoms with Gasteiger partial charge < -0.3 is 4.98 Å². The van der Waals surface area contributed by atoms with E-state index in [0.717, 1.165) is 38.8 Å². The molecule has 0 saturated carbocycles. The lowest BCUT2D eigenvalue weighted by Crippen LogP contribution is -1.85. The Hall–Kier alpha value is -4.46. The zero-order chi connectivity index (χ0) is 20.8. The number of H-pyrrole nitrogens is 2. The number of fused-ring (bicyclic) bond motifs is 2. The van der Waals surface area contributed by atoms with Crippen molar-refractivity contribution in [3.63, 3.8) is 0 Å². The van der Waals surface area contributed by atoms with Crippen LogP contribution in [0.5, 0.6) is 0 Å². The number of benzene rings is 1. The highest BCUT2D eigenvalue weighted by Gasteiger charge is 2.16. The molecule has 0 bridgehead atoms. The number of imidazole rings is 1. The fraction of sp³-hybridized carbons (Fsp3) is 0. The van der Waals surface area contributed by atoms with E-state index in [1.54, 1.807) is 36.9 Å². The van der Waals surface area contributed by atoms with Gasteiger partial charge in [-0.05, 0) is 42.0 Å². The van der Waals surface area contributed by atoms with Crippen LogP contribution in [0.25, 0.3) is 56.0 Å². The average Bonchev–Trinajstić information content (AvgIpc) is 3.43. The van der Waals surface area contributed by atoms with E-state index < -0.39 is 0 Å². The summed E-state index contributed by atoms with van der Waals surface area (Å²) in [5.41, 5.74) is 6.37. The monoisotopic (exact) mass is 407 g/mol. The molecule has 5 aromatic heterocycles. The van der Waals surface area contributed by atoms with Crippen molar-refractivity contribution in [2.45, 2.75) is 0 Å². The number of aromatic nitrogens is 7. The Kier molecular flexibility index (Phi) is 3.82. The molecule has 6 rings (SSSR count). The second-order valence-electron chi connectivity index (χ2n) is 7.07. The molecule has 31 heavy (non-hydrogen) atoms. The van der Waals surface area contributed by atoms with Gasteiger partial charge in [-0.3, -0.25) is 15.1 Å². The van der Waals surface area contributed by atoms with Gasteiger partial charge in [-0.25, -0.2) is 14.4 Å². The molecule has 0 fully saturated rings. The van der Waals surface area contributed by atoms with Crippen LogP contribution in [0.4, 0.5) is 4.39 Å². The molecule has 0 amide bonds. The van der Waals surface area contributed by atoms with Crippen LogP contribution in [0.2, 0.25) is 0 Å². The summed E-state index contributed by atoms with van der Waals surface area (Å²) in [5.74, 6) is 0.316. The number of hydrogen-bond acceptors (Lipinski definition) is 5. The Morgan fingerprint density at radius 3 is 2.52 bits per heavy atom. The molecule has 0 atom stereocenters. The minimum Gasteiger partial charge on any atom is -0.335 e. The molecule has 2 N–H and O–H groups in total. The van der Waals surface area contributed by atoms with E-state index in [1.807, 2.05) is 24.3 Å². The second-order valence-corrected chi connectivity index (χ2v) is 7.07. The summed E-state index contributed by atoms with van der Waals surface area (Å²) in [6.07, 6.45) is 6.92. The third kappa shape index (κ3) is 2.93. The average molecular weight is 407 g/mol. The molecular formula is C23H14FN7. The summed E-state index contributed by atoms with van der Waals surface area (Å²) < 4.78 is 13.4. The fourth-order valence-electron chi connectivity index (χ4n) is 3.67. The van der Waals surface area contributed by atoms with Crippen LogP contribution in [0.3, 0.4) is 0 Å². The summed E-state index contributed by atoms with van der Waals surface area (Å²) in [4.78, 5) is 21.0. The van der Waals surface area contributed by atoms with E-state index in [0.29, 0.717) is 17.2 Å². The van der Waals surface area contributed by atoms with Crippen molar-refractivity contribution in [2.75, 3.05) is 0 Å². The number of pyridine rings is 3. The quantitative estimate of drug-likeness (QED) is 0.441. The first-order valence-electron chi connectivity index (χ1n) is 9.62. The SMILES string of the molecule is Fc1ccc(-c2ccnc3nc(-c4n[nH]c5cnc(-c6ccncc6)cc45)[nH]c23)cc1. The summed E-state index contributed by atoms with van der Waals surface area (Å²) >= 11 is 0. The lowest BCUT2D eigenvalue weighted by Gasteiger charge is -2.02. The molecule has 1 aromatic carbocycles. The molecule has 8 heteroatoms. The standard InChI is InChI=1S/C23H14FN7/c24-15-3-1-13(2-4-15)16-7-10-26-22-20(16)28-23(29-22)21-17-11-18(14-5-8-25-9-6-14)27-12-19(17)30-31-21/h1-12H,(H,30,31)(H,26,28,29). The largest absolute Gasteiger partial charge is 0.335 e. The van der Waals surface area contributed by atoms with Gasteiger partial charge in [0.15, 0.2) is 11.5 Å². The highest BCUT2D eigenvalue weighted by molar-refractivity contribution is 5.96. The highest BCUT2D eigenvalue weighted by atomic mass is 19.1. The number of aromatic amines is 2. The third-order valence-electron chi connectivity index (χ3n) is 5.19.